The number of hydrogen-bond acceptors (Lipinski definition) is 4. The predicted octanol–water partition coefficient (Wildman–Crippen LogP) is 2.38. The minimum atomic E-state index is -0.679. The summed E-state index contributed by atoms with van der Waals surface area (Å²) >= 11 is 3.42. The molecule has 0 aromatic heterocycles. The van der Waals surface area contributed by atoms with Crippen LogP contribution in [-0.4, -0.2) is 30.6 Å². The number of carbonyl (C=O) groups excluding carboxylic acids is 2. The van der Waals surface area contributed by atoms with Crippen molar-refractivity contribution in [2.75, 3.05) is 12.4 Å². The van der Waals surface area contributed by atoms with Crippen molar-refractivity contribution in [3.8, 4) is 0 Å². The van der Waals surface area contributed by atoms with Crippen LogP contribution < -0.4 is 10.6 Å². The summed E-state index contributed by atoms with van der Waals surface area (Å²) in [6, 6.07) is 5.13. The molecule has 21 heavy (non-hydrogen) atoms. The molecule has 0 spiro atoms. The van der Waals surface area contributed by atoms with Crippen LogP contribution in [0.15, 0.2) is 22.7 Å². The van der Waals surface area contributed by atoms with E-state index in [1.54, 1.807) is 6.92 Å². The molecule has 0 saturated heterocycles. The molecule has 0 aliphatic heterocycles. The van der Waals surface area contributed by atoms with Gasteiger partial charge in [0.2, 0.25) is 5.91 Å². The van der Waals surface area contributed by atoms with Crippen molar-refractivity contribution in [3.05, 3.63) is 28.2 Å². The molecular weight excluding hydrogens is 336 g/mol. The van der Waals surface area contributed by atoms with Crippen molar-refractivity contribution in [2.24, 2.45) is 0 Å². The Morgan fingerprint density at radius 2 is 2.05 bits per heavy atom. The fraction of sp³-hybridized carbons (Fsp3) is 0.467. The quantitative estimate of drug-likeness (QED) is 0.796. The van der Waals surface area contributed by atoms with Crippen LogP contribution in [0, 0.1) is 6.92 Å². The van der Waals surface area contributed by atoms with Crippen LogP contribution in [0.25, 0.3) is 0 Å². The molecule has 1 atom stereocenters. The minimum Gasteiger partial charge on any atom is -0.468 e. The molecular formula is C15H19BrN2O3. The second kappa shape index (κ2) is 6.15. The van der Waals surface area contributed by atoms with E-state index in [9.17, 15) is 9.59 Å². The van der Waals surface area contributed by atoms with Gasteiger partial charge in [0.25, 0.3) is 0 Å². The number of carbonyl (C=O) groups is 2. The maximum absolute atomic E-state index is 12.2. The van der Waals surface area contributed by atoms with Gasteiger partial charge in [-0.05, 0) is 50.5 Å². The second-order valence-electron chi connectivity index (χ2n) is 5.39. The van der Waals surface area contributed by atoms with Gasteiger partial charge < -0.3 is 10.1 Å². The number of amides is 1. The molecule has 1 aromatic carbocycles. The highest BCUT2D eigenvalue weighted by Crippen LogP contribution is 2.37. The van der Waals surface area contributed by atoms with Crippen LogP contribution >= 0.6 is 15.9 Å². The zero-order valence-electron chi connectivity index (χ0n) is 12.3. The largest absolute Gasteiger partial charge is 0.468 e. The molecule has 1 amide bonds. The molecule has 1 unspecified atom stereocenters. The molecule has 0 bridgehead atoms. The van der Waals surface area contributed by atoms with Crippen molar-refractivity contribution < 1.29 is 14.3 Å². The molecule has 0 radical (unpaired) electrons. The maximum atomic E-state index is 12.2. The van der Waals surface area contributed by atoms with Gasteiger partial charge >= 0.3 is 5.97 Å². The normalized spacial score (nSPS) is 17.0. The van der Waals surface area contributed by atoms with E-state index in [-0.39, 0.29) is 11.9 Å². The van der Waals surface area contributed by atoms with Crippen LogP contribution in [0.2, 0.25) is 0 Å². The Bertz CT molecular complexity index is 570. The van der Waals surface area contributed by atoms with E-state index in [0.717, 1.165) is 15.7 Å². The summed E-state index contributed by atoms with van der Waals surface area (Å²) in [5, 5.41) is 5.91. The Balaban J connectivity index is 1.97. The Hall–Kier alpha value is -1.40. The van der Waals surface area contributed by atoms with E-state index >= 15 is 0 Å². The third-order valence-corrected chi connectivity index (χ3v) is 4.53. The highest BCUT2D eigenvalue weighted by molar-refractivity contribution is 9.10. The van der Waals surface area contributed by atoms with E-state index in [0.29, 0.717) is 12.8 Å². The Labute approximate surface area is 132 Å². The smallest absolute Gasteiger partial charge is 0.326 e. The molecule has 0 heterocycles. The highest BCUT2D eigenvalue weighted by atomic mass is 79.9. The first-order valence-electron chi connectivity index (χ1n) is 6.81. The number of ether oxygens (including phenoxy) is 1. The molecule has 5 nitrogen and oxygen atoms in total. The third-order valence-electron chi connectivity index (χ3n) is 3.64. The number of rotatable bonds is 5. The Kier molecular flexibility index (Phi) is 4.68. The molecule has 6 heteroatoms. The molecule has 114 valence electrons. The number of methoxy groups -OCH3 is 1. The molecule has 2 rings (SSSR count). The molecule has 2 N–H and O–H groups in total. The van der Waals surface area contributed by atoms with Crippen LogP contribution in [0.4, 0.5) is 5.69 Å². The van der Waals surface area contributed by atoms with E-state index < -0.39 is 11.6 Å². The summed E-state index contributed by atoms with van der Waals surface area (Å²) in [7, 11) is 1.36. The first-order chi connectivity index (χ1) is 9.88. The number of nitrogens with one attached hydrogen (secondary N) is 2. The van der Waals surface area contributed by atoms with Crippen LogP contribution in [0.1, 0.15) is 25.3 Å². The topological polar surface area (TPSA) is 67.4 Å². The van der Waals surface area contributed by atoms with Crippen LogP contribution in [0.3, 0.4) is 0 Å². The number of benzene rings is 1. The summed E-state index contributed by atoms with van der Waals surface area (Å²) in [4.78, 5) is 23.9. The lowest BCUT2D eigenvalue weighted by Gasteiger charge is -2.20. The van der Waals surface area contributed by atoms with Crippen LogP contribution in [0.5, 0.6) is 0 Å². The van der Waals surface area contributed by atoms with E-state index in [4.69, 9.17) is 4.74 Å². The van der Waals surface area contributed by atoms with E-state index in [1.807, 2.05) is 25.1 Å². The zero-order chi connectivity index (χ0) is 15.6. The summed E-state index contributed by atoms with van der Waals surface area (Å²) < 4.78 is 5.76. The van der Waals surface area contributed by atoms with Gasteiger partial charge in [-0.15, -0.1) is 0 Å². The first-order valence-corrected chi connectivity index (χ1v) is 7.60. The number of esters is 1. The number of anilines is 1. The van der Waals surface area contributed by atoms with E-state index in [2.05, 4.69) is 26.6 Å². The molecule has 1 aromatic rings. The van der Waals surface area contributed by atoms with E-state index in [1.165, 1.54) is 7.11 Å². The molecule has 1 aliphatic rings. The standard InChI is InChI=1S/C15H19BrN2O3/c1-9-8-11(4-5-12(9)16)17-13(19)10(2)18-15(6-7-15)14(20)21-3/h4-5,8,10,18H,6-7H2,1-3H3,(H,17,19). The summed E-state index contributed by atoms with van der Waals surface area (Å²) in [5.41, 5.74) is 1.10. The van der Waals surface area contributed by atoms with Gasteiger partial charge in [-0.25, -0.2) is 0 Å². The lowest BCUT2D eigenvalue weighted by atomic mass is 10.2. The van der Waals surface area contributed by atoms with Crippen molar-refractivity contribution in [2.45, 2.75) is 38.3 Å². The lowest BCUT2D eigenvalue weighted by Crippen LogP contribution is -2.49. The van der Waals surface area contributed by atoms with Gasteiger partial charge in [-0.2, -0.15) is 0 Å². The molecule has 1 fully saturated rings. The highest BCUT2D eigenvalue weighted by Gasteiger charge is 2.52. The van der Waals surface area contributed by atoms with Crippen LogP contribution in [-0.2, 0) is 14.3 Å². The molecule has 1 saturated carbocycles. The molecule has 1 aliphatic carbocycles. The Morgan fingerprint density at radius 1 is 1.38 bits per heavy atom. The number of halogens is 1. The van der Waals surface area contributed by atoms with Crippen molar-refractivity contribution in [1.29, 1.82) is 0 Å². The monoisotopic (exact) mass is 354 g/mol. The second-order valence-corrected chi connectivity index (χ2v) is 6.25. The van der Waals surface area contributed by atoms with Gasteiger partial charge in [-0.1, -0.05) is 15.9 Å². The fourth-order valence-corrected chi connectivity index (χ4v) is 2.43. The van der Waals surface area contributed by atoms with Gasteiger partial charge in [0.1, 0.15) is 5.54 Å². The van der Waals surface area contributed by atoms with Crippen molar-refractivity contribution >= 4 is 33.5 Å². The number of hydrogen-bond donors (Lipinski definition) is 2. The average Bonchev–Trinajstić information content (AvgIpc) is 3.22. The summed E-state index contributed by atoms with van der Waals surface area (Å²) in [5.74, 6) is -0.478. The SMILES string of the molecule is COC(=O)C1(NC(C)C(=O)Nc2ccc(Br)c(C)c2)CC1. The predicted molar refractivity (Wildman–Crippen MR) is 84.1 cm³/mol. The zero-order valence-corrected chi connectivity index (χ0v) is 13.9. The first kappa shape index (κ1) is 16.0. The lowest BCUT2D eigenvalue weighted by molar-refractivity contribution is -0.144. The summed E-state index contributed by atoms with van der Waals surface area (Å²) in [6.45, 7) is 3.70. The van der Waals surface area contributed by atoms with Gasteiger partial charge in [0, 0.05) is 10.2 Å². The fourth-order valence-electron chi connectivity index (χ4n) is 2.18. The van der Waals surface area contributed by atoms with Gasteiger partial charge in [0.05, 0.1) is 13.2 Å². The third kappa shape index (κ3) is 3.63. The van der Waals surface area contributed by atoms with Gasteiger partial charge in [0.15, 0.2) is 0 Å². The summed E-state index contributed by atoms with van der Waals surface area (Å²) in [6.07, 6.45) is 1.41. The average molecular weight is 355 g/mol. The minimum absolute atomic E-state index is 0.174. The number of aryl methyl sites for hydroxylation is 1. The van der Waals surface area contributed by atoms with Crippen molar-refractivity contribution in [1.82, 2.24) is 5.32 Å². The maximum Gasteiger partial charge on any atom is 0.326 e. The van der Waals surface area contributed by atoms with Crippen molar-refractivity contribution in [3.63, 3.8) is 0 Å². The Morgan fingerprint density at radius 3 is 2.57 bits per heavy atom. The van der Waals surface area contributed by atoms with Gasteiger partial charge in [-0.3, -0.25) is 14.9 Å².